The molecule has 1 aliphatic carbocycles. The number of Topliss-reactive ketones (excluding diaryl/α,β-unsaturated/α-hetero) is 1. The molecule has 0 bridgehead atoms. The summed E-state index contributed by atoms with van der Waals surface area (Å²) in [6.45, 7) is 4.74. The van der Waals surface area contributed by atoms with E-state index in [1.807, 2.05) is 6.07 Å². The van der Waals surface area contributed by atoms with E-state index in [0.717, 1.165) is 31.4 Å². The molecule has 3 heteroatoms. The van der Waals surface area contributed by atoms with Crippen molar-refractivity contribution < 1.29 is 4.79 Å². The van der Waals surface area contributed by atoms with Crippen LogP contribution in [0.25, 0.3) is 0 Å². The molecule has 1 aliphatic rings. The number of fused-ring (bicyclic) bond motifs is 1. The maximum Gasteiger partial charge on any atom is 0.146 e. The highest BCUT2D eigenvalue weighted by Crippen LogP contribution is 2.33. The van der Waals surface area contributed by atoms with Gasteiger partial charge in [-0.3, -0.25) is 9.78 Å². The molecule has 104 valence electrons. The fourth-order valence-electron chi connectivity index (χ4n) is 3.07. The summed E-state index contributed by atoms with van der Waals surface area (Å²) in [5, 5.41) is 0. The summed E-state index contributed by atoms with van der Waals surface area (Å²) in [5.41, 5.74) is 8.05. The third-order valence-electron chi connectivity index (χ3n) is 3.98. The van der Waals surface area contributed by atoms with Crippen molar-refractivity contribution in [2.75, 3.05) is 6.54 Å². The second-order valence-corrected chi connectivity index (χ2v) is 5.96. The van der Waals surface area contributed by atoms with Crippen LogP contribution in [0.2, 0.25) is 0 Å². The van der Waals surface area contributed by atoms with Crippen LogP contribution in [0.4, 0.5) is 0 Å². The summed E-state index contributed by atoms with van der Waals surface area (Å²) >= 11 is 0. The maximum atomic E-state index is 12.7. The zero-order valence-electron chi connectivity index (χ0n) is 11.9. The highest BCUT2D eigenvalue weighted by atomic mass is 16.1. The first-order valence-corrected chi connectivity index (χ1v) is 7.31. The number of hydrogen-bond acceptors (Lipinski definition) is 3. The molecule has 2 unspecified atom stereocenters. The van der Waals surface area contributed by atoms with Crippen LogP contribution in [-0.2, 0) is 11.2 Å². The lowest BCUT2D eigenvalue weighted by atomic mass is 9.78. The summed E-state index contributed by atoms with van der Waals surface area (Å²) < 4.78 is 0. The largest absolute Gasteiger partial charge is 0.330 e. The third-order valence-corrected chi connectivity index (χ3v) is 3.98. The fraction of sp³-hybridized carbons (Fsp3) is 0.625. The molecule has 0 aliphatic heterocycles. The van der Waals surface area contributed by atoms with E-state index >= 15 is 0 Å². The number of pyridine rings is 1. The second-order valence-electron chi connectivity index (χ2n) is 5.96. The molecule has 0 saturated carbocycles. The standard InChI is InChI=1S/C16H24N2O/c1-11(2)9-13(10-17)16(19)14-7-3-5-12-6-4-8-18-15(12)14/h4,6,8,11,13-14H,3,5,7,9-10,17H2,1-2H3. The van der Waals surface area contributed by atoms with Crippen molar-refractivity contribution >= 4 is 5.78 Å². The van der Waals surface area contributed by atoms with Crippen molar-refractivity contribution in [3.8, 4) is 0 Å². The molecule has 19 heavy (non-hydrogen) atoms. The van der Waals surface area contributed by atoms with E-state index in [1.165, 1.54) is 5.56 Å². The number of carbonyl (C=O) groups is 1. The lowest BCUT2D eigenvalue weighted by molar-refractivity contribution is -0.125. The molecule has 2 atom stereocenters. The molecule has 0 spiro atoms. The topological polar surface area (TPSA) is 56.0 Å². The number of nitrogens with zero attached hydrogens (tertiary/aromatic N) is 1. The number of rotatable bonds is 5. The SMILES string of the molecule is CC(C)CC(CN)C(=O)C1CCCc2cccnc21. The molecule has 0 radical (unpaired) electrons. The zero-order chi connectivity index (χ0) is 13.8. The van der Waals surface area contributed by atoms with Crippen LogP contribution < -0.4 is 5.73 Å². The number of hydrogen-bond donors (Lipinski definition) is 1. The second kappa shape index (κ2) is 6.29. The molecule has 0 saturated heterocycles. The predicted octanol–water partition coefficient (Wildman–Crippen LogP) is 2.69. The van der Waals surface area contributed by atoms with Crippen molar-refractivity contribution in [1.29, 1.82) is 0 Å². The van der Waals surface area contributed by atoms with Crippen LogP contribution in [0.15, 0.2) is 18.3 Å². The molecule has 0 aromatic carbocycles. The zero-order valence-corrected chi connectivity index (χ0v) is 11.9. The summed E-state index contributed by atoms with van der Waals surface area (Å²) in [6, 6.07) is 4.06. The van der Waals surface area contributed by atoms with Crippen LogP contribution in [0.1, 0.15) is 50.3 Å². The van der Waals surface area contributed by atoms with Gasteiger partial charge in [-0.05, 0) is 43.2 Å². The van der Waals surface area contributed by atoms with Gasteiger partial charge in [-0.1, -0.05) is 19.9 Å². The Morgan fingerprint density at radius 2 is 2.32 bits per heavy atom. The minimum absolute atomic E-state index is 0.0158. The predicted molar refractivity (Wildman–Crippen MR) is 76.9 cm³/mol. The average molecular weight is 260 g/mol. The van der Waals surface area contributed by atoms with Gasteiger partial charge in [0.1, 0.15) is 5.78 Å². The molecule has 1 aromatic heterocycles. The monoisotopic (exact) mass is 260 g/mol. The fourth-order valence-corrected chi connectivity index (χ4v) is 3.07. The van der Waals surface area contributed by atoms with Crippen molar-refractivity contribution in [2.45, 2.75) is 45.4 Å². The quantitative estimate of drug-likeness (QED) is 0.885. The van der Waals surface area contributed by atoms with Crippen LogP contribution in [0.3, 0.4) is 0 Å². The first kappa shape index (κ1) is 14.2. The minimum atomic E-state index is -0.0303. The van der Waals surface area contributed by atoms with Crippen LogP contribution in [-0.4, -0.2) is 17.3 Å². The van der Waals surface area contributed by atoms with Crippen LogP contribution in [0, 0.1) is 11.8 Å². The molecule has 2 rings (SSSR count). The molecule has 2 N–H and O–H groups in total. The Labute approximate surface area is 115 Å². The van der Waals surface area contributed by atoms with E-state index in [1.54, 1.807) is 6.20 Å². The van der Waals surface area contributed by atoms with E-state index < -0.39 is 0 Å². The van der Waals surface area contributed by atoms with Gasteiger partial charge in [0.25, 0.3) is 0 Å². The Bertz CT molecular complexity index is 442. The molecule has 0 fully saturated rings. The highest BCUT2D eigenvalue weighted by molar-refractivity contribution is 5.88. The summed E-state index contributed by atoms with van der Waals surface area (Å²) in [5.74, 6) is 0.760. The van der Waals surface area contributed by atoms with Gasteiger partial charge in [0, 0.05) is 18.7 Å². The van der Waals surface area contributed by atoms with E-state index in [-0.39, 0.29) is 11.8 Å². The van der Waals surface area contributed by atoms with E-state index in [4.69, 9.17) is 5.73 Å². The third kappa shape index (κ3) is 3.21. The van der Waals surface area contributed by atoms with Gasteiger partial charge in [-0.15, -0.1) is 0 Å². The van der Waals surface area contributed by atoms with Crippen LogP contribution >= 0.6 is 0 Å². The van der Waals surface area contributed by atoms with Gasteiger partial charge in [0.2, 0.25) is 0 Å². The normalized spacial score (nSPS) is 20.1. The van der Waals surface area contributed by atoms with E-state index in [9.17, 15) is 4.79 Å². The molecule has 3 nitrogen and oxygen atoms in total. The van der Waals surface area contributed by atoms with Crippen molar-refractivity contribution in [2.24, 2.45) is 17.6 Å². The molecule has 0 amide bonds. The summed E-state index contributed by atoms with van der Waals surface area (Å²) in [4.78, 5) is 17.2. The lowest BCUT2D eigenvalue weighted by Crippen LogP contribution is -2.31. The molecule has 1 aromatic rings. The average Bonchev–Trinajstić information content (AvgIpc) is 2.43. The van der Waals surface area contributed by atoms with Crippen LogP contribution in [0.5, 0.6) is 0 Å². The summed E-state index contributed by atoms with van der Waals surface area (Å²) in [7, 11) is 0. The van der Waals surface area contributed by atoms with Gasteiger partial charge < -0.3 is 5.73 Å². The Morgan fingerprint density at radius 1 is 1.53 bits per heavy atom. The smallest absolute Gasteiger partial charge is 0.146 e. The molecular weight excluding hydrogens is 236 g/mol. The van der Waals surface area contributed by atoms with E-state index in [0.29, 0.717) is 18.2 Å². The van der Waals surface area contributed by atoms with Gasteiger partial charge in [-0.25, -0.2) is 0 Å². The van der Waals surface area contributed by atoms with Gasteiger partial charge in [-0.2, -0.15) is 0 Å². The van der Waals surface area contributed by atoms with Gasteiger partial charge >= 0.3 is 0 Å². The minimum Gasteiger partial charge on any atom is -0.330 e. The maximum absolute atomic E-state index is 12.7. The Morgan fingerprint density at radius 3 is 3.00 bits per heavy atom. The van der Waals surface area contributed by atoms with Gasteiger partial charge in [0.15, 0.2) is 0 Å². The molecular formula is C16H24N2O. The van der Waals surface area contributed by atoms with Crippen molar-refractivity contribution in [3.63, 3.8) is 0 Å². The first-order valence-electron chi connectivity index (χ1n) is 7.31. The lowest BCUT2D eigenvalue weighted by Gasteiger charge is -2.27. The first-order chi connectivity index (χ1) is 9.13. The van der Waals surface area contributed by atoms with E-state index in [2.05, 4.69) is 24.9 Å². The number of ketones is 1. The number of aromatic nitrogens is 1. The Hall–Kier alpha value is -1.22. The van der Waals surface area contributed by atoms with Crippen molar-refractivity contribution in [1.82, 2.24) is 4.98 Å². The Kier molecular flexibility index (Phi) is 4.70. The Balaban J connectivity index is 2.20. The molecule has 1 heterocycles. The number of carbonyl (C=O) groups excluding carboxylic acids is 1. The highest BCUT2D eigenvalue weighted by Gasteiger charge is 2.31. The number of aryl methyl sites for hydroxylation is 1. The van der Waals surface area contributed by atoms with Crippen molar-refractivity contribution in [3.05, 3.63) is 29.6 Å². The number of nitrogens with two attached hydrogens (primary N) is 1. The van der Waals surface area contributed by atoms with Gasteiger partial charge in [0.05, 0.1) is 11.6 Å². The summed E-state index contributed by atoms with van der Waals surface area (Å²) in [6.07, 6.45) is 5.73.